The van der Waals surface area contributed by atoms with Gasteiger partial charge in [0, 0.05) is 41.5 Å². The molecule has 0 aliphatic heterocycles. The van der Waals surface area contributed by atoms with Crippen molar-refractivity contribution in [3.63, 3.8) is 0 Å². The Labute approximate surface area is 285 Å². The Kier molecular flexibility index (Phi) is 12.9. The maximum atomic E-state index is 14.4. The van der Waals surface area contributed by atoms with Gasteiger partial charge < -0.3 is 19.1 Å². The summed E-state index contributed by atoms with van der Waals surface area (Å²) in [5, 5.41) is 9.28. The van der Waals surface area contributed by atoms with Crippen molar-refractivity contribution in [3.8, 4) is 33.8 Å². The molecular weight excluding hydrogens is 678 g/mol. The zero-order chi connectivity index (χ0) is 35.2. The number of ether oxygens (including phenoxy) is 2. The fourth-order valence-electron chi connectivity index (χ4n) is 5.43. The summed E-state index contributed by atoms with van der Waals surface area (Å²) in [6.07, 6.45) is -8.35. The molecule has 0 saturated heterocycles. The SMILES string of the molecule is CCCC(C)N(C)Cc1c(-c2ccccc2OC(F)(F)F)cc(-c2ccccc2OC(F)(F)F)c(=O)n1CCc1ccc(C(=O)O)cc1.Cl. The number of hydrogen-bond donors (Lipinski definition) is 1. The number of carboxylic acids is 1. The van der Waals surface area contributed by atoms with E-state index in [2.05, 4.69) is 9.47 Å². The molecule has 4 aromatic rings. The Hall–Kier alpha value is -4.49. The number of rotatable bonds is 13. The lowest BCUT2D eigenvalue weighted by Crippen LogP contribution is -2.34. The van der Waals surface area contributed by atoms with Crippen molar-refractivity contribution in [2.24, 2.45) is 0 Å². The molecule has 1 N–H and O–H groups in total. The number of carboxylic acid groups (broad SMARTS) is 1. The summed E-state index contributed by atoms with van der Waals surface area (Å²) in [4.78, 5) is 27.7. The van der Waals surface area contributed by atoms with Crippen molar-refractivity contribution in [1.82, 2.24) is 9.47 Å². The van der Waals surface area contributed by atoms with Gasteiger partial charge >= 0.3 is 18.7 Å². The number of carbonyl (C=O) groups is 1. The normalized spacial score (nSPS) is 12.4. The van der Waals surface area contributed by atoms with Crippen molar-refractivity contribution in [2.75, 3.05) is 7.05 Å². The molecule has 1 unspecified atom stereocenters. The third-order valence-electron chi connectivity index (χ3n) is 7.89. The van der Waals surface area contributed by atoms with E-state index in [9.17, 15) is 41.0 Å². The van der Waals surface area contributed by atoms with E-state index >= 15 is 0 Å². The number of benzene rings is 3. The first kappa shape index (κ1) is 39.0. The molecule has 0 spiro atoms. The molecule has 4 rings (SSSR count). The van der Waals surface area contributed by atoms with Crippen molar-refractivity contribution >= 4 is 18.4 Å². The molecule has 0 radical (unpaired) electrons. The van der Waals surface area contributed by atoms with Gasteiger partial charge in [0.2, 0.25) is 0 Å². The number of halogens is 7. The Morgan fingerprint density at radius 2 is 1.35 bits per heavy atom. The van der Waals surface area contributed by atoms with E-state index in [0.29, 0.717) is 11.3 Å². The molecule has 1 aromatic heterocycles. The molecule has 49 heavy (non-hydrogen) atoms. The highest BCUT2D eigenvalue weighted by Crippen LogP contribution is 2.39. The number of aromatic carboxylic acids is 1. The third kappa shape index (κ3) is 10.3. The Morgan fingerprint density at radius 3 is 1.84 bits per heavy atom. The number of alkyl halides is 6. The quantitative estimate of drug-likeness (QED) is 0.140. The highest BCUT2D eigenvalue weighted by molar-refractivity contribution is 5.87. The average Bonchev–Trinajstić information content (AvgIpc) is 3.00. The van der Waals surface area contributed by atoms with Crippen LogP contribution in [0.5, 0.6) is 11.5 Å². The number of aromatic nitrogens is 1. The highest BCUT2D eigenvalue weighted by atomic mass is 35.5. The highest BCUT2D eigenvalue weighted by Gasteiger charge is 2.34. The van der Waals surface area contributed by atoms with Crippen molar-refractivity contribution in [2.45, 2.75) is 65.0 Å². The van der Waals surface area contributed by atoms with Crippen LogP contribution in [0.4, 0.5) is 26.3 Å². The van der Waals surface area contributed by atoms with E-state index in [1.165, 1.54) is 59.2 Å². The third-order valence-corrected chi connectivity index (χ3v) is 7.89. The lowest BCUT2D eigenvalue weighted by molar-refractivity contribution is -0.275. The van der Waals surface area contributed by atoms with E-state index in [1.54, 1.807) is 12.1 Å². The molecule has 7 nitrogen and oxygen atoms in total. The van der Waals surface area contributed by atoms with Crippen LogP contribution in [0.3, 0.4) is 0 Å². The van der Waals surface area contributed by atoms with Crippen molar-refractivity contribution in [3.05, 3.63) is 106 Å². The van der Waals surface area contributed by atoms with E-state index < -0.39 is 35.8 Å². The topological polar surface area (TPSA) is 81.0 Å². The molecule has 0 bridgehead atoms. The van der Waals surface area contributed by atoms with E-state index in [1.807, 2.05) is 25.8 Å². The van der Waals surface area contributed by atoms with Gasteiger partial charge in [0.15, 0.2) is 0 Å². The van der Waals surface area contributed by atoms with Gasteiger partial charge in [-0.25, -0.2) is 4.79 Å². The first-order valence-corrected chi connectivity index (χ1v) is 15.1. The summed E-state index contributed by atoms with van der Waals surface area (Å²) in [6, 6.07) is 17.6. The predicted octanol–water partition coefficient (Wildman–Crippen LogP) is 8.96. The molecule has 0 aliphatic rings. The maximum absolute atomic E-state index is 14.4. The van der Waals surface area contributed by atoms with Crippen LogP contribution >= 0.6 is 12.4 Å². The molecule has 0 amide bonds. The maximum Gasteiger partial charge on any atom is 0.573 e. The fraction of sp³-hybridized carbons (Fsp3) is 0.314. The zero-order valence-electron chi connectivity index (χ0n) is 26.8. The molecule has 264 valence electrons. The van der Waals surface area contributed by atoms with Gasteiger partial charge in [-0.1, -0.05) is 61.9 Å². The molecule has 1 atom stereocenters. The molecule has 0 saturated carbocycles. The molecule has 14 heteroatoms. The summed E-state index contributed by atoms with van der Waals surface area (Å²) in [6.45, 7) is 4.02. The number of hydrogen-bond acceptors (Lipinski definition) is 5. The van der Waals surface area contributed by atoms with Gasteiger partial charge in [0.25, 0.3) is 5.56 Å². The minimum atomic E-state index is -5.09. The second kappa shape index (κ2) is 16.3. The number of aryl methyl sites for hydroxylation is 1. The monoisotopic (exact) mass is 712 g/mol. The van der Waals surface area contributed by atoms with Gasteiger partial charge in [-0.3, -0.25) is 9.69 Å². The van der Waals surface area contributed by atoms with Gasteiger partial charge in [-0.05, 0) is 62.7 Å². The van der Waals surface area contributed by atoms with E-state index in [0.717, 1.165) is 25.0 Å². The molecule has 1 heterocycles. The minimum absolute atomic E-state index is 0. The molecule has 0 aliphatic carbocycles. The van der Waals surface area contributed by atoms with Crippen LogP contribution in [0.2, 0.25) is 0 Å². The van der Waals surface area contributed by atoms with E-state index in [-0.39, 0.29) is 65.8 Å². The first-order chi connectivity index (χ1) is 22.6. The zero-order valence-corrected chi connectivity index (χ0v) is 27.6. The number of nitrogens with zero attached hydrogens (tertiary/aromatic N) is 2. The van der Waals surface area contributed by atoms with Crippen LogP contribution in [0.25, 0.3) is 22.3 Å². The lowest BCUT2D eigenvalue weighted by Gasteiger charge is -2.28. The van der Waals surface area contributed by atoms with Crippen LogP contribution < -0.4 is 15.0 Å². The fourth-order valence-corrected chi connectivity index (χ4v) is 5.43. The van der Waals surface area contributed by atoms with Crippen LogP contribution in [0, 0.1) is 0 Å². The van der Waals surface area contributed by atoms with Crippen molar-refractivity contribution < 1.29 is 45.7 Å². The lowest BCUT2D eigenvalue weighted by atomic mass is 9.96. The smallest absolute Gasteiger partial charge is 0.478 e. The van der Waals surface area contributed by atoms with Gasteiger partial charge in [0.05, 0.1) is 11.1 Å². The van der Waals surface area contributed by atoms with E-state index in [4.69, 9.17) is 0 Å². The molecule has 3 aromatic carbocycles. The van der Waals surface area contributed by atoms with Gasteiger partial charge in [0.1, 0.15) is 11.5 Å². The van der Waals surface area contributed by atoms with Crippen LogP contribution in [-0.4, -0.2) is 46.4 Å². The average molecular weight is 713 g/mol. The second-order valence-corrected chi connectivity index (χ2v) is 11.3. The molecule has 0 fully saturated rings. The second-order valence-electron chi connectivity index (χ2n) is 11.3. The number of pyridine rings is 1. The summed E-state index contributed by atoms with van der Waals surface area (Å²) >= 11 is 0. The minimum Gasteiger partial charge on any atom is -0.478 e. The largest absolute Gasteiger partial charge is 0.573 e. The summed E-state index contributed by atoms with van der Waals surface area (Å²) in [5.74, 6) is -2.35. The van der Waals surface area contributed by atoms with Crippen LogP contribution in [0.1, 0.15) is 48.3 Å². The standard InChI is InChI=1S/C35H34F6N2O5.ClH/c1-4-9-22(2)42(3)21-29-27(25-10-5-7-12-30(25)47-34(36,37)38)20-28(26-11-6-8-13-31(26)48-35(39,40)41)32(44)43(29)19-18-23-14-16-24(17-15-23)33(45)46;/h5-8,10-17,20,22H,4,9,18-19,21H2,1-3H3,(H,45,46);1H. The summed E-state index contributed by atoms with van der Waals surface area (Å²) in [7, 11) is 1.81. The molecular formula is C35H35ClF6N2O5. The predicted molar refractivity (Wildman–Crippen MR) is 175 cm³/mol. The van der Waals surface area contributed by atoms with Gasteiger partial charge in [-0.15, -0.1) is 38.7 Å². The Bertz CT molecular complexity index is 1790. The van der Waals surface area contributed by atoms with Gasteiger partial charge in [-0.2, -0.15) is 0 Å². The Balaban J connectivity index is 0.00000650. The summed E-state index contributed by atoms with van der Waals surface area (Å²) < 4.78 is 91.0. The Morgan fingerprint density at radius 1 is 0.837 bits per heavy atom. The first-order valence-electron chi connectivity index (χ1n) is 15.1. The van der Waals surface area contributed by atoms with Crippen molar-refractivity contribution in [1.29, 1.82) is 0 Å². The summed E-state index contributed by atoms with van der Waals surface area (Å²) in [5.41, 5.74) is -0.0211. The van der Waals surface area contributed by atoms with Crippen LogP contribution in [0.15, 0.2) is 83.7 Å². The number of para-hydroxylation sites is 2. The van der Waals surface area contributed by atoms with Crippen LogP contribution in [-0.2, 0) is 19.5 Å².